The molecule has 254 valence electrons. The highest BCUT2D eigenvalue weighted by molar-refractivity contribution is 5.71. The van der Waals surface area contributed by atoms with Crippen molar-refractivity contribution in [3.63, 3.8) is 0 Å². The van der Waals surface area contributed by atoms with Crippen LogP contribution in [0.4, 0.5) is 0 Å². The van der Waals surface area contributed by atoms with E-state index in [9.17, 15) is 14.4 Å². The van der Waals surface area contributed by atoms with Gasteiger partial charge in [0.2, 0.25) is 0 Å². The lowest BCUT2D eigenvalue weighted by Crippen LogP contribution is -2.30. The molecular weight excluding hydrogens is 540 g/mol. The standard InChI is InChI=1S/C37H70O6/c1-5-7-9-11-12-13-14-17-21-24-28-35(38)41-31-34(43-37(40)30-26-19-10-8-6-2)32-42-36(39)29-25-22-18-15-16-20-23-27-33(3)4/h33-34H,5-32H2,1-4H3/t34-/m0/s1. The van der Waals surface area contributed by atoms with Gasteiger partial charge in [-0.15, -0.1) is 0 Å². The van der Waals surface area contributed by atoms with Crippen molar-refractivity contribution in [2.45, 2.75) is 201 Å². The van der Waals surface area contributed by atoms with Crippen molar-refractivity contribution in [3.05, 3.63) is 0 Å². The molecule has 0 bridgehead atoms. The lowest BCUT2D eigenvalue weighted by molar-refractivity contribution is -0.167. The molecule has 0 aromatic rings. The lowest BCUT2D eigenvalue weighted by Gasteiger charge is -2.18. The second kappa shape index (κ2) is 31.8. The summed E-state index contributed by atoms with van der Waals surface area (Å²) in [4.78, 5) is 37.1. The quantitative estimate of drug-likeness (QED) is 0.0428. The molecule has 6 nitrogen and oxygen atoms in total. The zero-order valence-corrected chi connectivity index (χ0v) is 28.9. The second-order valence-corrected chi connectivity index (χ2v) is 13.0. The van der Waals surface area contributed by atoms with E-state index in [0.29, 0.717) is 19.3 Å². The minimum absolute atomic E-state index is 0.0672. The van der Waals surface area contributed by atoms with Crippen LogP contribution in [-0.2, 0) is 28.6 Å². The van der Waals surface area contributed by atoms with Gasteiger partial charge in [-0.3, -0.25) is 14.4 Å². The molecule has 1 atom stereocenters. The molecule has 0 heterocycles. The normalized spacial score (nSPS) is 11.9. The van der Waals surface area contributed by atoms with E-state index in [1.54, 1.807) is 0 Å². The highest BCUT2D eigenvalue weighted by atomic mass is 16.6. The summed E-state index contributed by atoms with van der Waals surface area (Å²) in [6.07, 6.45) is 27.0. The molecule has 6 heteroatoms. The molecule has 0 spiro atoms. The Balaban J connectivity index is 4.26. The predicted molar refractivity (Wildman–Crippen MR) is 178 cm³/mol. The van der Waals surface area contributed by atoms with E-state index in [-0.39, 0.29) is 31.1 Å². The van der Waals surface area contributed by atoms with E-state index >= 15 is 0 Å². The Bertz CT molecular complexity index is 647. The third kappa shape index (κ3) is 31.6. The fourth-order valence-corrected chi connectivity index (χ4v) is 5.21. The van der Waals surface area contributed by atoms with Crippen LogP contribution < -0.4 is 0 Å². The van der Waals surface area contributed by atoms with Gasteiger partial charge in [-0.25, -0.2) is 0 Å². The molecule has 0 aliphatic heterocycles. The van der Waals surface area contributed by atoms with Gasteiger partial charge in [-0.2, -0.15) is 0 Å². The topological polar surface area (TPSA) is 78.9 Å². The van der Waals surface area contributed by atoms with Crippen LogP contribution in [0.15, 0.2) is 0 Å². The molecule has 0 aliphatic rings. The maximum Gasteiger partial charge on any atom is 0.306 e. The summed E-state index contributed by atoms with van der Waals surface area (Å²) in [6.45, 7) is 8.81. The van der Waals surface area contributed by atoms with Crippen LogP contribution in [0.3, 0.4) is 0 Å². The Hall–Kier alpha value is -1.59. The van der Waals surface area contributed by atoms with E-state index in [1.165, 1.54) is 83.5 Å². The van der Waals surface area contributed by atoms with Gasteiger partial charge in [-0.05, 0) is 25.2 Å². The van der Waals surface area contributed by atoms with E-state index in [4.69, 9.17) is 14.2 Å². The Morgan fingerprint density at radius 2 is 0.767 bits per heavy atom. The van der Waals surface area contributed by atoms with Gasteiger partial charge >= 0.3 is 17.9 Å². The first-order valence-electron chi connectivity index (χ1n) is 18.4. The van der Waals surface area contributed by atoms with Crippen LogP contribution in [0.5, 0.6) is 0 Å². The van der Waals surface area contributed by atoms with Gasteiger partial charge in [-0.1, -0.05) is 156 Å². The SMILES string of the molecule is CCCCCCCCCCCCC(=O)OC[C@@H](COC(=O)CCCCCCCCCC(C)C)OC(=O)CCCCCCC. The molecule has 0 rings (SSSR count). The van der Waals surface area contributed by atoms with Crippen LogP contribution in [-0.4, -0.2) is 37.2 Å². The molecule has 0 N–H and O–H groups in total. The maximum atomic E-state index is 12.4. The summed E-state index contributed by atoms with van der Waals surface area (Å²) < 4.78 is 16.4. The molecule has 0 aromatic carbocycles. The molecule has 0 saturated carbocycles. The monoisotopic (exact) mass is 611 g/mol. The molecule has 0 saturated heterocycles. The van der Waals surface area contributed by atoms with Crippen molar-refractivity contribution in [2.24, 2.45) is 5.92 Å². The van der Waals surface area contributed by atoms with Crippen molar-refractivity contribution < 1.29 is 28.6 Å². The Kier molecular flexibility index (Phi) is 30.6. The fourth-order valence-electron chi connectivity index (χ4n) is 5.21. The number of carbonyl (C=O) groups is 3. The summed E-state index contributed by atoms with van der Waals surface area (Å²) in [5, 5.41) is 0. The average Bonchev–Trinajstić information content (AvgIpc) is 2.98. The van der Waals surface area contributed by atoms with Crippen molar-refractivity contribution in [2.75, 3.05) is 13.2 Å². The first kappa shape index (κ1) is 41.4. The molecular formula is C37H70O6. The molecule has 0 aromatic heterocycles. The zero-order valence-electron chi connectivity index (χ0n) is 28.9. The molecule has 0 fully saturated rings. The lowest BCUT2D eigenvalue weighted by atomic mass is 10.0. The minimum Gasteiger partial charge on any atom is -0.462 e. The number of hydrogen-bond acceptors (Lipinski definition) is 6. The Labute approximate surface area is 266 Å². The number of ether oxygens (including phenoxy) is 3. The maximum absolute atomic E-state index is 12.4. The Morgan fingerprint density at radius 1 is 0.442 bits per heavy atom. The minimum atomic E-state index is -0.755. The first-order valence-corrected chi connectivity index (χ1v) is 18.4. The molecule has 0 amide bonds. The number of unbranched alkanes of at least 4 members (excludes halogenated alkanes) is 19. The van der Waals surface area contributed by atoms with Gasteiger partial charge in [0.05, 0.1) is 0 Å². The van der Waals surface area contributed by atoms with Crippen molar-refractivity contribution in [1.29, 1.82) is 0 Å². The van der Waals surface area contributed by atoms with Gasteiger partial charge in [0.25, 0.3) is 0 Å². The highest BCUT2D eigenvalue weighted by Gasteiger charge is 2.19. The number of hydrogen-bond donors (Lipinski definition) is 0. The van der Waals surface area contributed by atoms with E-state index in [2.05, 4.69) is 27.7 Å². The van der Waals surface area contributed by atoms with E-state index < -0.39 is 6.10 Å². The van der Waals surface area contributed by atoms with Gasteiger partial charge < -0.3 is 14.2 Å². The van der Waals surface area contributed by atoms with Crippen LogP contribution >= 0.6 is 0 Å². The van der Waals surface area contributed by atoms with Gasteiger partial charge in [0.15, 0.2) is 6.10 Å². The second-order valence-electron chi connectivity index (χ2n) is 13.0. The summed E-state index contributed by atoms with van der Waals surface area (Å²) in [6, 6.07) is 0. The smallest absolute Gasteiger partial charge is 0.306 e. The summed E-state index contributed by atoms with van der Waals surface area (Å²) in [5.74, 6) is -0.104. The average molecular weight is 611 g/mol. The van der Waals surface area contributed by atoms with Crippen LogP contribution in [0, 0.1) is 5.92 Å². The van der Waals surface area contributed by atoms with Crippen molar-refractivity contribution in [3.8, 4) is 0 Å². The highest BCUT2D eigenvalue weighted by Crippen LogP contribution is 2.14. The van der Waals surface area contributed by atoms with Crippen molar-refractivity contribution >= 4 is 17.9 Å². The number of rotatable bonds is 32. The number of esters is 3. The van der Waals surface area contributed by atoms with Crippen molar-refractivity contribution in [1.82, 2.24) is 0 Å². The van der Waals surface area contributed by atoms with E-state index in [0.717, 1.165) is 70.1 Å². The third-order valence-electron chi connectivity index (χ3n) is 8.04. The molecule has 0 unspecified atom stereocenters. The fraction of sp³-hybridized carbons (Fsp3) is 0.919. The Morgan fingerprint density at radius 3 is 1.14 bits per heavy atom. The summed E-state index contributed by atoms with van der Waals surface area (Å²) in [5.41, 5.74) is 0. The van der Waals surface area contributed by atoms with Gasteiger partial charge in [0, 0.05) is 19.3 Å². The largest absolute Gasteiger partial charge is 0.462 e. The van der Waals surface area contributed by atoms with Gasteiger partial charge in [0.1, 0.15) is 13.2 Å². The van der Waals surface area contributed by atoms with E-state index in [1.807, 2.05) is 0 Å². The third-order valence-corrected chi connectivity index (χ3v) is 8.04. The van der Waals surface area contributed by atoms with Crippen LogP contribution in [0.2, 0.25) is 0 Å². The van der Waals surface area contributed by atoms with Crippen LogP contribution in [0.1, 0.15) is 195 Å². The summed E-state index contributed by atoms with van der Waals surface area (Å²) in [7, 11) is 0. The molecule has 0 radical (unpaired) electrons. The van der Waals surface area contributed by atoms with Crippen LogP contribution in [0.25, 0.3) is 0 Å². The molecule has 43 heavy (non-hydrogen) atoms. The first-order chi connectivity index (χ1) is 20.9. The number of carbonyl (C=O) groups excluding carboxylic acids is 3. The zero-order chi connectivity index (χ0) is 31.8. The summed E-state index contributed by atoms with van der Waals surface area (Å²) >= 11 is 0. The molecule has 0 aliphatic carbocycles. The predicted octanol–water partition coefficient (Wildman–Crippen LogP) is 10.8.